The highest BCUT2D eigenvalue weighted by Crippen LogP contribution is 2.31. The van der Waals surface area contributed by atoms with Crippen molar-refractivity contribution in [2.45, 2.75) is 18.1 Å². The molecule has 0 fully saturated rings. The van der Waals surface area contributed by atoms with E-state index in [4.69, 9.17) is 0 Å². The molecule has 0 spiro atoms. The third-order valence-electron chi connectivity index (χ3n) is 3.68. The highest BCUT2D eigenvalue weighted by atomic mass is 79.9. The molecular formula is C18H14BrF3N2. The van der Waals surface area contributed by atoms with Gasteiger partial charge in [-0.1, -0.05) is 58.4 Å². The summed E-state index contributed by atoms with van der Waals surface area (Å²) in [6.45, 7) is 0.614. The predicted molar refractivity (Wildman–Crippen MR) is 90.8 cm³/mol. The second kappa shape index (κ2) is 6.81. The van der Waals surface area contributed by atoms with E-state index in [-0.39, 0.29) is 0 Å². The summed E-state index contributed by atoms with van der Waals surface area (Å²) >= 11 is 3.44. The first-order valence-corrected chi connectivity index (χ1v) is 8.44. The van der Waals surface area contributed by atoms with Crippen molar-refractivity contribution in [1.29, 1.82) is 0 Å². The van der Waals surface area contributed by atoms with Gasteiger partial charge in [-0.15, -0.1) is 0 Å². The zero-order valence-corrected chi connectivity index (χ0v) is 14.2. The molecule has 0 unspecified atom stereocenters. The molecule has 0 bridgehead atoms. The lowest BCUT2D eigenvalue weighted by molar-refractivity contribution is -0.137. The largest absolute Gasteiger partial charge is 0.416 e. The molecule has 0 atom stereocenters. The van der Waals surface area contributed by atoms with Crippen molar-refractivity contribution in [2.24, 2.45) is 0 Å². The first-order chi connectivity index (χ1) is 11.5. The van der Waals surface area contributed by atoms with Crippen molar-refractivity contribution in [3.63, 3.8) is 0 Å². The molecule has 1 aromatic heterocycles. The van der Waals surface area contributed by atoms with Crippen LogP contribution in [0.1, 0.15) is 16.8 Å². The molecule has 0 radical (unpaired) electrons. The number of hydrogen-bond donors (Lipinski definition) is 0. The number of rotatable bonds is 4. The lowest BCUT2D eigenvalue weighted by Gasteiger charge is -2.06. The maximum Gasteiger partial charge on any atom is 0.416 e. The molecule has 0 aliphatic heterocycles. The molecule has 3 aromatic rings. The van der Waals surface area contributed by atoms with E-state index < -0.39 is 11.7 Å². The van der Waals surface area contributed by atoms with Crippen LogP contribution in [0.15, 0.2) is 60.7 Å². The molecule has 3 rings (SSSR count). The smallest absolute Gasteiger partial charge is 0.264 e. The van der Waals surface area contributed by atoms with E-state index in [9.17, 15) is 13.2 Å². The van der Waals surface area contributed by atoms with Crippen molar-refractivity contribution >= 4 is 15.9 Å². The third kappa shape index (κ3) is 3.70. The summed E-state index contributed by atoms with van der Waals surface area (Å²) in [6.07, 6.45) is -4.33. The summed E-state index contributed by atoms with van der Waals surface area (Å²) in [5.74, 6) is 0. The zero-order chi connectivity index (χ0) is 17.2. The van der Waals surface area contributed by atoms with Gasteiger partial charge >= 0.3 is 6.18 Å². The quantitative estimate of drug-likeness (QED) is 0.533. The predicted octanol–water partition coefficient (Wildman–Crippen LogP) is 5.51. The molecule has 0 aliphatic carbocycles. The van der Waals surface area contributed by atoms with Gasteiger partial charge in [0, 0.05) is 16.6 Å². The van der Waals surface area contributed by atoms with Crippen LogP contribution in [0.25, 0.3) is 11.3 Å². The van der Waals surface area contributed by atoms with Gasteiger partial charge in [-0.3, -0.25) is 4.68 Å². The fourth-order valence-corrected chi connectivity index (χ4v) is 2.88. The van der Waals surface area contributed by atoms with E-state index in [1.807, 2.05) is 41.1 Å². The van der Waals surface area contributed by atoms with Crippen molar-refractivity contribution in [1.82, 2.24) is 9.78 Å². The Morgan fingerprint density at radius 2 is 1.62 bits per heavy atom. The molecule has 24 heavy (non-hydrogen) atoms. The van der Waals surface area contributed by atoms with Gasteiger partial charge in [0.25, 0.3) is 0 Å². The normalized spacial score (nSPS) is 11.7. The Hall–Kier alpha value is -2.08. The van der Waals surface area contributed by atoms with Crippen LogP contribution >= 0.6 is 15.9 Å². The van der Waals surface area contributed by atoms with Gasteiger partial charge in [0.05, 0.1) is 17.8 Å². The van der Waals surface area contributed by atoms with E-state index in [1.165, 1.54) is 12.1 Å². The summed E-state index contributed by atoms with van der Waals surface area (Å²) in [5, 5.41) is 5.16. The van der Waals surface area contributed by atoms with E-state index in [0.29, 0.717) is 23.1 Å². The highest BCUT2D eigenvalue weighted by Gasteiger charge is 2.30. The van der Waals surface area contributed by atoms with Crippen molar-refractivity contribution in [3.05, 3.63) is 77.5 Å². The molecule has 0 saturated carbocycles. The Labute approximate surface area is 146 Å². The topological polar surface area (TPSA) is 17.8 Å². The molecular weight excluding hydrogens is 381 g/mol. The van der Waals surface area contributed by atoms with Crippen LogP contribution in [0.2, 0.25) is 0 Å². The zero-order valence-electron chi connectivity index (χ0n) is 12.6. The Balaban J connectivity index is 1.89. The minimum Gasteiger partial charge on any atom is -0.264 e. The molecule has 124 valence electrons. The van der Waals surface area contributed by atoms with Crippen LogP contribution in [0.4, 0.5) is 13.2 Å². The minimum atomic E-state index is -4.33. The van der Waals surface area contributed by atoms with Crippen molar-refractivity contribution in [2.75, 3.05) is 0 Å². The summed E-state index contributed by atoms with van der Waals surface area (Å²) in [4.78, 5) is 0. The van der Waals surface area contributed by atoms with Crippen molar-refractivity contribution in [3.8, 4) is 11.3 Å². The van der Waals surface area contributed by atoms with E-state index in [0.717, 1.165) is 23.4 Å². The van der Waals surface area contributed by atoms with E-state index in [2.05, 4.69) is 21.0 Å². The van der Waals surface area contributed by atoms with Crippen LogP contribution in [0.3, 0.4) is 0 Å². The lowest BCUT2D eigenvalue weighted by atomic mass is 10.1. The summed E-state index contributed by atoms with van der Waals surface area (Å²) in [7, 11) is 0. The molecule has 0 saturated heterocycles. The monoisotopic (exact) mass is 394 g/mol. The first kappa shape index (κ1) is 16.8. The molecule has 2 nitrogen and oxygen atoms in total. The maximum absolute atomic E-state index is 12.7. The average Bonchev–Trinajstić information content (AvgIpc) is 2.98. The number of benzene rings is 2. The molecule has 0 aliphatic rings. The number of halogens is 4. The highest BCUT2D eigenvalue weighted by molar-refractivity contribution is 9.08. The molecule has 2 aromatic carbocycles. The Bertz CT molecular complexity index is 809. The van der Waals surface area contributed by atoms with E-state index in [1.54, 1.807) is 0 Å². The SMILES string of the molecule is FC(F)(F)c1ccc(-c2cc(CBr)n(Cc3ccccc3)n2)cc1. The lowest BCUT2D eigenvalue weighted by Crippen LogP contribution is -2.05. The third-order valence-corrected chi connectivity index (χ3v) is 4.26. The number of alkyl halides is 4. The van der Waals surface area contributed by atoms with Gasteiger partial charge in [-0.25, -0.2) is 0 Å². The Morgan fingerprint density at radius 3 is 2.21 bits per heavy atom. The van der Waals surface area contributed by atoms with Gasteiger partial charge < -0.3 is 0 Å². The van der Waals surface area contributed by atoms with Gasteiger partial charge in [-0.05, 0) is 23.8 Å². The second-order valence-corrected chi connectivity index (χ2v) is 5.93. The van der Waals surface area contributed by atoms with Crippen LogP contribution < -0.4 is 0 Å². The number of hydrogen-bond acceptors (Lipinski definition) is 1. The summed E-state index contributed by atoms with van der Waals surface area (Å²) in [6, 6.07) is 16.9. The number of aromatic nitrogens is 2. The fourth-order valence-electron chi connectivity index (χ4n) is 2.43. The minimum absolute atomic E-state index is 0.614. The van der Waals surface area contributed by atoms with Gasteiger partial charge in [0.15, 0.2) is 0 Å². The number of nitrogens with zero attached hydrogens (tertiary/aromatic N) is 2. The molecule has 6 heteroatoms. The first-order valence-electron chi connectivity index (χ1n) is 7.31. The van der Waals surface area contributed by atoms with Gasteiger partial charge in [-0.2, -0.15) is 18.3 Å². The van der Waals surface area contributed by atoms with Crippen LogP contribution in [0, 0.1) is 0 Å². The Kier molecular flexibility index (Phi) is 4.76. The van der Waals surface area contributed by atoms with Gasteiger partial charge in [0.1, 0.15) is 0 Å². The maximum atomic E-state index is 12.7. The standard InChI is InChI=1S/C18H14BrF3N2/c19-11-16-10-17(14-6-8-15(9-7-14)18(20,21)22)23-24(16)12-13-4-2-1-3-5-13/h1-10H,11-12H2. The summed E-state index contributed by atoms with van der Waals surface area (Å²) in [5.41, 5.74) is 2.75. The fraction of sp³-hybridized carbons (Fsp3) is 0.167. The molecule has 0 N–H and O–H groups in total. The average molecular weight is 395 g/mol. The van der Waals surface area contributed by atoms with Crippen LogP contribution in [-0.4, -0.2) is 9.78 Å². The van der Waals surface area contributed by atoms with Gasteiger partial charge in [0.2, 0.25) is 0 Å². The second-order valence-electron chi connectivity index (χ2n) is 5.37. The molecule has 0 amide bonds. The molecule has 1 heterocycles. The van der Waals surface area contributed by atoms with E-state index >= 15 is 0 Å². The van der Waals surface area contributed by atoms with Crippen molar-refractivity contribution < 1.29 is 13.2 Å². The Morgan fingerprint density at radius 1 is 0.958 bits per heavy atom. The van der Waals surface area contributed by atoms with Crippen LogP contribution in [-0.2, 0) is 18.1 Å². The van der Waals surface area contributed by atoms with Crippen LogP contribution in [0.5, 0.6) is 0 Å². The summed E-state index contributed by atoms with van der Waals surface area (Å²) < 4.78 is 39.8.